The number of hydrogen-bond acceptors (Lipinski definition) is 3. The molecule has 3 N–H and O–H groups in total. The fraction of sp³-hybridized carbons (Fsp3) is 0. The third-order valence-corrected chi connectivity index (χ3v) is 1.80. The Morgan fingerprint density at radius 2 is 2.38 bits per heavy atom. The van der Waals surface area contributed by atoms with Crippen molar-refractivity contribution < 1.29 is 9.90 Å². The summed E-state index contributed by atoms with van der Waals surface area (Å²) in [5.41, 5.74) is 6.59. The second-order valence-electron chi connectivity index (χ2n) is 2.62. The molecule has 0 unspecified atom stereocenters. The number of hydrogen-bond donors (Lipinski definition) is 2. The van der Waals surface area contributed by atoms with Crippen LogP contribution in [0.2, 0.25) is 0 Å². The molecule has 0 radical (unpaired) electrons. The Labute approximate surface area is 73.4 Å². The molecule has 13 heavy (non-hydrogen) atoms. The maximum atomic E-state index is 10.7. The van der Waals surface area contributed by atoms with Crippen molar-refractivity contribution >= 4 is 17.2 Å². The van der Waals surface area contributed by atoms with E-state index < -0.39 is 5.97 Å². The number of fused-ring (bicyclic) bond motifs is 1. The van der Waals surface area contributed by atoms with E-state index in [2.05, 4.69) is 5.10 Å². The van der Waals surface area contributed by atoms with Crippen molar-refractivity contribution in [3.05, 3.63) is 30.1 Å². The highest BCUT2D eigenvalue weighted by Gasteiger charge is 2.12. The number of carbonyl (C=O) groups is 1. The van der Waals surface area contributed by atoms with Gasteiger partial charge in [0.15, 0.2) is 0 Å². The van der Waals surface area contributed by atoms with Gasteiger partial charge in [-0.2, -0.15) is 5.10 Å². The Hall–Kier alpha value is -2.04. The van der Waals surface area contributed by atoms with Gasteiger partial charge in [-0.3, -0.25) is 0 Å². The molecule has 0 aliphatic carbocycles. The second kappa shape index (κ2) is 2.48. The molecule has 5 heteroatoms. The lowest BCUT2D eigenvalue weighted by Crippen LogP contribution is -1.98. The number of carboxylic acid groups (broad SMARTS) is 1. The van der Waals surface area contributed by atoms with Gasteiger partial charge in [0.2, 0.25) is 0 Å². The third kappa shape index (κ3) is 1.01. The van der Waals surface area contributed by atoms with Crippen LogP contribution in [0.4, 0.5) is 5.69 Å². The molecule has 2 aromatic heterocycles. The zero-order chi connectivity index (χ0) is 9.42. The molecule has 0 amide bonds. The van der Waals surface area contributed by atoms with E-state index in [4.69, 9.17) is 10.8 Å². The average molecular weight is 177 g/mol. The van der Waals surface area contributed by atoms with Crippen LogP contribution in [-0.4, -0.2) is 20.7 Å². The predicted octanol–water partition coefficient (Wildman–Crippen LogP) is 0.615. The van der Waals surface area contributed by atoms with Crippen molar-refractivity contribution in [2.75, 3.05) is 5.73 Å². The van der Waals surface area contributed by atoms with Crippen LogP contribution in [0.5, 0.6) is 0 Å². The van der Waals surface area contributed by atoms with Gasteiger partial charge in [-0.05, 0) is 12.1 Å². The molecule has 5 nitrogen and oxygen atoms in total. The summed E-state index contributed by atoms with van der Waals surface area (Å²) >= 11 is 0. The van der Waals surface area contributed by atoms with Gasteiger partial charge in [0, 0.05) is 6.20 Å². The molecule has 2 heterocycles. The Morgan fingerprint density at radius 1 is 1.62 bits per heavy atom. The standard InChI is InChI=1S/C8H7N3O2/c9-6-2-1-3-11-7(6)5(4-10-11)8(12)13/h1-4H,9H2,(H,12,13). The van der Waals surface area contributed by atoms with E-state index in [9.17, 15) is 4.79 Å². The minimum absolute atomic E-state index is 0.123. The summed E-state index contributed by atoms with van der Waals surface area (Å²) in [4.78, 5) is 10.7. The van der Waals surface area contributed by atoms with Crippen molar-refractivity contribution in [1.29, 1.82) is 0 Å². The van der Waals surface area contributed by atoms with Gasteiger partial charge in [-0.25, -0.2) is 9.31 Å². The van der Waals surface area contributed by atoms with Crippen LogP contribution < -0.4 is 5.73 Å². The van der Waals surface area contributed by atoms with E-state index in [0.29, 0.717) is 11.2 Å². The summed E-state index contributed by atoms with van der Waals surface area (Å²) in [6.45, 7) is 0. The molecule has 0 saturated heterocycles. The maximum Gasteiger partial charge on any atom is 0.339 e. The first-order valence-electron chi connectivity index (χ1n) is 3.65. The van der Waals surface area contributed by atoms with E-state index >= 15 is 0 Å². The molecule has 0 aliphatic rings. The van der Waals surface area contributed by atoms with Gasteiger partial charge in [0.05, 0.1) is 11.9 Å². The molecule has 0 atom stereocenters. The van der Waals surface area contributed by atoms with Crippen LogP contribution in [0.25, 0.3) is 5.52 Å². The normalized spacial score (nSPS) is 10.5. The van der Waals surface area contributed by atoms with Gasteiger partial charge in [-0.15, -0.1) is 0 Å². The summed E-state index contributed by atoms with van der Waals surface area (Å²) in [6, 6.07) is 3.35. The summed E-state index contributed by atoms with van der Waals surface area (Å²) in [7, 11) is 0. The summed E-state index contributed by atoms with van der Waals surface area (Å²) in [6.07, 6.45) is 2.94. The van der Waals surface area contributed by atoms with Crippen LogP contribution >= 0.6 is 0 Å². The Morgan fingerprint density at radius 3 is 3.08 bits per heavy atom. The Kier molecular flexibility index (Phi) is 1.45. The maximum absolute atomic E-state index is 10.7. The minimum Gasteiger partial charge on any atom is -0.478 e. The number of anilines is 1. The summed E-state index contributed by atoms with van der Waals surface area (Å²) in [5, 5.41) is 12.6. The average Bonchev–Trinajstić information content (AvgIpc) is 2.49. The van der Waals surface area contributed by atoms with Crippen molar-refractivity contribution in [3.8, 4) is 0 Å². The van der Waals surface area contributed by atoms with E-state index in [1.807, 2.05) is 0 Å². The predicted molar refractivity (Wildman–Crippen MR) is 46.6 cm³/mol. The molecule has 0 saturated carbocycles. The smallest absolute Gasteiger partial charge is 0.339 e. The monoisotopic (exact) mass is 177 g/mol. The van der Waals surface area contributed by atoms with Gasteiger partial charge >= 0.3 is 5.97 Å². The minimum atomic E-state index is -1.02. The van der Waals surface area contributed by atoms with Gasteiger partial charge < -0.3 is 10.8 Å². The SMILES string of the molecule is Nc1cccn2ncc(C(=O)O)c12. The molecule has 0 aliphatic heterocycles. The molecule has 66 valence electrons. The lowest BCUT2D eigenvalue weighted by Gasteiger charge is -1.97. The number of nitrogen functional groups attached to an aromatic ring is 1. The van der Waals surface area contributed by atoms with Gasteiger partial charge in [0.1, 0.15) is 11.1 Å². The molecular weight excluding hydrogens is 170 g/mol. The van der Waals surface area contributed by atoms with Crippen molar-refractivity contribution in [3.63, 3.8) is 0 Å². The highest BCUT2D eigenvalue weighted by atomic mass is 16.4. The highest BCUT2D eigenvalue weighted by Crippen LogP contribution is 2.17. The van der Waals surface area contributed by atoms with E-state index in [1.54, 1.807) is 18.3 Å². The fourth-order valence-electron chi connectivity index (χ4n) is 1.23. The summed E-state index contributed by atoms with van der Waals surface area (Å²) < 4.78 is 1.44. The van der Waals surface area contributed by atoms with Crippen molar-refractivity contribution in [2.45, 2.75) is 0 Å². The Balaban J connectivity index is 2.86. The van der Waals surface area contributed by atoms with Gasteiger partial charge in [-0.1, -0.05) is 0 Å². The number of nitrogens with two attached hydrogens (primary N) is 1. The number of carboxylic acids is 1. The van der Waals surface area contributed by atoms with Crippen LogP contribution in [-0.2, 0) is 0 Å². The molecule has 0 fully saturated rings. The lowest BCUT2D eigenvalue weighted by atomic mass is 10.2. The lowest BCUT2D eigenvalue weighted by molar-refractivity contribution is 0.0699. The summed E-state index contributed by atoms with van der Waals surface area (Å²) in [5.74, 6) is -1.02. The molecule has 0 spiro atoms. The zero-order valence-corrected chi connectivity index (χ0v) is 6.64. The topological polar surface area (TPSA) is 80.6 Å². The molecule has 0 aromatic carbocycles. The second-order valence-corrected chi connectivity index (χ2v) is 2.62. The highest BCUT2D eigenvalue weighted by molar-refractivity contribution is 5.98. The number of aromatic nitrogens is 2. The van der Waals surface area contributed by atoms with Crippen LogP contribution in [0.15, 0.2) is 24.5 Å². The van der Waals surface area contributed by atoms with Crippen LogP contribution in [0.1, 0.15) is 10.4 Å². The molecule has 2 aromatic rings. The van der Waals surface area contributed by atoms with E-state index in [1.165, 1.54) is 10.7 Å². The Bertz CT molecular complexity index is 475. The van der Waals surface area contributed by atoms with Crippen LogP contribution in [0.3, 0.4) is 0 Å². The first-order valence-corrected chi connectivity index (χ1v) is 3.65. The zero-order valence-electron chi connectivity index (χ0n) is 6.64. The number of nitrogens with zero attached hydrogens (tertiary/aromatic N) is 2. The fourth-order valence-corrected chi connectivity index (χ4v) is 1.23. The van der Waals surface area contributed by atoms with Crippen LogP contribution in [0, 0.1) is 0 Å². The first-order chi connectivity index (χ1) is 6.20. The van der Waals surface area contributed by atoms with Gasteiger partial charge in [0.25, 0.3) is 0 Å². The third-order valence-electron chi connectivity index (χ3n) is 1.80. The molecular formula is C8H7N3O2. The quantitative estimate of drug-likeness (QED) is 0.668. The number of rotatable bonds is 1. The molecule has 0 bridgehead atoms. The van der Waals surface area contributed by atoms with E-state index in [0.717, 1.165) is 0 Å². The van der Waals surface area contributed by atoms with Crippen molar-refractivity contribution in [2.24, 2.45) is 0 Å². The largest absolute Gasteiger partial charge is 0.478 e. The first kappa shape index (κ1) is 7.60. The van der Waals surface area contributed by atoms with E-state index in [-0.39, 0.29) is 5.56 Å². The molecule has 2 rings (SSSR count). The number of aromatic carboxylic acids is 1. The number of pyridine rings is 1. The van der Waals surface area contributed by atoms with Crippen molar-refractivity contribution in [1.82, 2.24) is 9.61 Å².